The van der Waals surface area contributed by atoms with Gasteiger partial charge in [0.1, 0.15) is 10.9 Å². The standard InChI is InChI=1S/C14H19ClN4O/c1-9-12(14(15)19(2)18-9)8-13(17-16)10-4-6-11(20-3)7-5-10/h4-7,13,17H,8,16H2,1-3H3. The molecule has 1 unspecified atom stereocenters. The van der Waals surface area contributed by atoms with Crippen molar-refractivity contribution in [3.05, 3.63) is 46.2 Å². The molecule has 0 aliphatic carbocycles. The number of nitrogens with one attached hydrogen (secondary N) is 1. The molecule has 5 nitrogen and oxygen atoms in total. The first-order valence-corrected chi connectivity index (χ1v) is 6.72. The molecule has 0 aliphatic rings. The Kier molecular flexibility index (Phi) is 4.65. The summed E-state index contributed by atoms with van der Waals surface area (Å²) in [5, 5.41) is 4.96. The van der Waals surface area contributed by atoms with Crippen LogP contribution in [0.25, 0.3) is 0 Å². The molecule has 2 rings (SSSR count). The fourth-order valence-electron chi connectivity index (χ4n) is 2.22. The molecule has 0 spiro atoms. The van der Waals surface area contributed by atoms with Crippen molar-refractivity contribution in [3.8, 4) is 5.75 Å². The second-order valence-electron chi connectivity index (χ2n) is 4.67. The first-order chi connectivity index (χ1) is 9.56. The average molecular weight is 295 g/mol. The van der Waals surface area contributed by atoms with E-state index in [1.54, 1.807) is 11.8 Å². The van der Waals surface area contributed by atoms with E-state index in [9.17, 15) is 0 Å². The van der Waals surface area contributed by atoms with E-state index in [1.807, 2.05) is 38.2 Å². The highest BCUT2D eigenvalue weighted by Crippen LogP contribution is 2.26. The van der Waals surface area contributed by atoms with Gasteiger partial charge in [-0.15, -0.1) is 0 Å². The smallest absolute Gasteiger partial charge is 0.130 e. The van der Waals surface area contributed by atoms with Gasteiger partial charge in [-0.1, -0.05) is 23.7 Å². The third-order valence-electron chi connectivity index (χ3n) is 3.40. The highest BCUT2D eigenvalue weighted by Gasteiger charge is 2.17. The molecule has 20 heavy (non-hydrogen) atoms. The van der Waals surface area contributed by atoms with E-state index in [0.29, 0.717) is 11.6 Å². The number of nitrogens with two attached hydrogens (primary N) is 1. The quantitative estimate of drug-likeness (QED) is 0.655. The Labute approximate surface area is 123 Å². The summed E-state index contributed by atoms with van der Waals surface area (Å²) in [5.41, 5.74) is 5.84. The van der Waals surface area contributed by atoms with E-state index in [1.165, 1.54) is 0 Å². The predicted molar refractivity (Wildman–Crippen MR) is 79.7 cm³/mol. The van der Waals surface area contributed by atoms with Gasteiger partial charge in [0.15, 0.2) is 0 Å². The molecular formula is C14H19ClN4O. The maximum Gasteiger partial charge on any atom is 0.130 e. The van der Waals surface area contributed by atoms with E-state index in [-0.39, 0.29) is 6.04 Å². The lowest BCUT2D eigenvalue weighted by atomic mass is 10.00. The van der Waals surface area contributed by atoms with Gasteiger partial charge in [0.05, 0.1) is 18.8 Å². The van der Waals surface area contributed by atoms with Crippen molar-refractivity contribution in [1.29, 1.82) is 0 Å². The van der Waals surface area contributed by atoms with Crippen LogP contribution >= 0.6 is 11.6 Å². The molecule has 3 N–H and O–H groups in total. The van der Waals surface area contributed by atoms with Gasteiger partial charge < -0.3 is 4.74 Å². The molecule has 0 radical (unpaired) electrons. The minimum absolute atomic E-state index is 0.0266. The summed E-state index contributed by atoms with van der Waals surface area (Å²) in [6.07, 6.45) is 0.682. The number of aryl methyl sites for hydroxylation is 2. The molecule has 0 bridgehead atoms. The third kappa shape index (κ3) is 2.95. The maximum atomic E-state index is 6.26. The molecule has 0 aliphatic heterocycles. The Hall–Kier alpha value is -1.56. The normalized spacial score (nSPS) is 12.4. The van der Waals surface area contributed by atoms with Crippen LogP contribution in [0.2, 0.25) is 5.15 Å². The summed E-state index contributed by atoms with van der Waals surface area (Å²) >= 11 is 6.26. The van der Waals surface area contributed by atoms with Crippen LogP contribution in [-0.4, -0.2) is 16.9 Å². The van der Waals surface area contributed by atoms with Crippen LogP contribution in [0.1, 0.15) is 22.9 Å². The van der Waals surface area contributed by atoms with Crippen LogP contribution in [0.15, 0.2) is 24.3 Å². The monoisotopic (exact) mass is 294 g/mol. The number of halogens is 1. The Morgan fingerprint density at radius 3 is 2.50 bits per heavy atom. The van der Waals surface area contributed by atoms with Crippen LogP contribution in [0.3, 0.4) is 0 Å². The van der Waals surface area contributed by atoms with E-state index in [2.05, 4.69) is 10.5 Å². The fourth-order valence-corrected chi connectivity index (χ4v) is 2.47. The van der Waals surface area contributed by atoms with Crippen molar-refractivity contribution < 1.29 is 4.74 Å². The van der Waals surface area contributed by atoms with Gasteiger partial charge in [-0.2, -0.15) is 5.10 Å². The summed E-state index contributed by atoms with van der Waals surface area (Å²) in [6, 6.07) is 7.78. The molecule has 1 atom stereocenters. The van der Waals surface area contributed by atoms with E-state index < -0.39 is 0 Å². The number of methoxy groups -OCH3 is 1. The number of ether oxygens (including phenoxy) is 1. The number of nitrogens with zero attached hydrogens (tertiary/aromatic N) is 2. The second kappa shape index (κ2) is 6.26. The van der Waals surface area contributed by atoms with Gasteiger partial charge >= 0.3 is 0 Å². The van der Waals surface area contributed by atoms with Gasteiger partial charge in [-0.25, -0.2) is 0 Å². The number of rotatable bonds is 5. The minimum Gasteiger partial charge on any atom is -0.497 e. The zero-order valence-corrected chi connectivity index (χ0v) is 12.6. The molecule has 1 aromatic heterocycles. The van der Waals surface area contributed by atoms with Crippen molar-refractivity contribution in [3.63, 3.8) is 0 Å². The first kappa shape index (κ1) is 14.8. The molecule has 2 aromatic rings. The molecule has 6 heteroatoms. The first-order valence-electron chi connectivity index (χ1n) is 6.34. The molecule has 0 amide bonds. The zero-order valence-electron chi connectivity index (χ0n) is 11.9. The van der Waals surface area contributed by atoms with Crippen LogP contribution in [-0.2, 0) is 13.5 Å². The lowest BCUT2D eigenvalue weighted by Crippen LogP contribution is -2.29. The number of hydrogen-bond donors (Lipinski definition) is 2. The van der Waals surface area contributed by atoms with Gasteiger partial charge in [0.25, 0.3) is 0 Å². The van der Waals surface area contributed by atoms with Crippen molar-refractivity contribution in [2.24, 2.45) is 12.9 Å². The number of hydrazine groups is 1. The lowest BCUT2D eigenvalue weighted by Gasteiger charge is -2.16. The summed E-state index contributed by atoms with van der Waals surface area (Å²) in [6.45, 7) is 1.95. The average Bonchev–Trinajstić information content (AvgIpc) is 2.70. The zero-order chi connectivity index (χ0) is 14.7. The summed E-state index contributed by atoms with van der Waals surface area (Å²) in [7, 11) is 3.48. The van der Waals surface area contributed by atoms with Crippen LogP contribution < -0.4 is 16.0 Å². The summed E-state index contributed by atoms with van der Waals surface area (Å²) < 4.78 is 6.83. The Bertz CT molecular complexity index is 580. The van der Waals surface area contributed by atoms with Crippen LogP contribution in [0.4, 0.5) is 0 Å². The SMILES string of the molecule is COc1ccc(C(Cc2c(C)nn(C)c2Cl)NN)cc1. The summed E-state index contributed by atoms with van der Waals surface area (Å²) in [4.78, 5) is 0. The van der Waals surface area contributed by atoms with Crippen molar-refractivity contribution in [2.45, 2.75) is 19.4 Å². The van der Waals surface area contributed by atoms with Crippen molar-refractivity contribution >= 4 is 11.6 Å². The Balaban J connectivity index is 2.23. The Morgan fingerprint density at radius 2 is 2.05 bits per heavy atom. The van der Waals surface area contributed by atoms with Gasteiger partial charge in [-0.05, 0) is 31.0 Å². The molecule has 1 aromatic carbocycles. The van der Waals surface area contributed by atoms with Gasteiger partial charge in [-0.3, -0.25) is 16.0 Å². The Morgan fingerprint density at radius 1 is 1.40 bits per heavy atom. The molecule has 1 heterocycles. The number of hydrogen-bond acceptors (Lipinski definition) is 4. The fraction of sp³-hybridized carbons (Fsp3) is 0.357. The van der Waals surface area contributed by atoms with E-state index in [0.717, 1.165) is 22.6 Å². The third-order valence-corrected chi connectivity index (χ3v) is 3.87. The number of aromatic nitrogens is 2. The van der Waals surface area contributed by atoms with E-state index >= 15 is 0 Å². The number of benzene rings is 1. The van der Waals surface area contributed by atoms with Gasteiger partial charge in [0, 0.05) is 12.6 Å². The maximum absolute atomic E-state index is 6.26. The predicted octanol–water partition coefficient (Wildman–Crippen LogP) is 2.14. The van der Waals surface area contributed by atoms with Crippen LogP contribution in [0.5, 0.6) is 5.75 Å². The van der Waals surface area contributed by atoms with E-state index in [4.69, 9.17) is 22.2 Å². The molecule has 0 fully saturated rings. The topological polar surface area (TPSA) is 65.1 Å². The molecule has 0 saturated heterocycles. The minimum atomic E-state index is -0.0266. The van der Waals surface area contributed by atoms with Crippen LogP contribution in [0, 0.1) is 6.92 Å². The molecular weight excluding hydrogens is 276 g/mol. The highest BCUT2D eigenvalue weighted by molar-refractivity contribution is 6.30. The second-order valence-corrected chi connectivity index (χ2v) is 5.03. The van der Waals surface area contributed by atoms with Gasteiger partial charge in [0.2, 0.25) is 0 Å². The highest BCUT2D eigenvalue weighted by atomic mass is 35.5. The lowest BCUT2D eigenvalue weighted by molar-refractivity contribution is 0.414. The van der Waals surface area contributed by atoms with Crippen molar-refractivity contribution in [1.82, 2.24) is 15.2 Å². The molecule has 108 valence electrons. The summed E-state index contributed by atoms with van der Waals surface area (Å²) in [5.74, 6) is 6.50. The van der Waals surface area contributed by atoms with Crippen molar-refractivity contribution in [2.75, 3.05) is 7.11 Å². The largest absolute Gasteiger partial charge is 0.497 e. The molecule has 0 saturated carbocycles.